The van der Waals surface area contributed by atoms with Gasteiger partial charge in [-0.15, -0.1) is 10.2 Å². The van der Waals surface area contributed by atoms with E-state index in [-0.39, 0.29) is 5.91 Å². The summed E-state index contributed by atoms with van der Waals surface area (Å²) < 4.78 is 2.11. The summed E-state index contributed by atoms with van der Waals surface area (Å²) in [6.45, 7) is 2.50. The van der Waals surface area contributed by atoms with Crippen molar-refractivity contribution in [1.29, 1.82) is 0 Å². The molecule has 0 radical (unpaired) electrons. The molecule has 1 aliphatic heterocycles. The minimum atomic E-state index is 0.221. The van der Waals surface area contributed by atoms with E-state index in [1.807, 2.05) is 30.3 Å². The van der Waals surface area contributed by atoms with Gasteiger partial charge in [0.2, 0.25) is 5.91 Å². The molecule has 7 heteroatoms. The van der Waals surface area contributed by atoms with Gasteiger partial charge in [0, 0.05) is 31.0 Å². The Morgan fingerprint density at radius 1 is 0.969 bits per heavy atom. The van der Waals surface area contributed by atoms with E-state index in [4.69, 9.17) is 0 Å². The predicted octanol–water partition coefficient (Wildman–Crippen LogP) is 4.52. The fourth-order valence-electron chi connectivity index (χ4n) is 5.06. The summed E-state index contributed by atoms with van der Waals surface area (Å²) >= 11 is 1.50. The largest absolute Gasteiger partial charge is 0.342 e. The first-order valence-corrected chi connectivity index (χ1v) is 12.5. The molecule has 0 N–H and O–H groups in total. The highest BCUT2D eigenvalue weighted by Gasteiger charge is 2.33. The van der Waals surface area contributed by atoms with E-state index in [1.165, 1.54) is 43.0 Å². The van der Waals surface area contributed by atoms with E-state index < -0.39 is 0 Å². The number of pyridine rings is 1. The zero-order chi connectivity index (χ0) is 21.8. The molecule has 32 heavy (non-hydrogen) atoms. The van der Waals surface area contributed by atoms with E-state index >= 15 is 0 Å². The third-order valence-electron chi connectivity index (χ3n) is 6.81. The molecule has 2 atom stereocenters. The van der Waals surface area contributed by atoms with E-state index in [9.17, 15) is 4.79 Å². The molecule has 0 unspecified atom stereocenters. The van der Waals surface area contributed by atoms with Crippen molar-refractivity contribution in [2.45, 2.75) is 43.8 Å². The molecule has 1 aromatic carbocycles. The third kappa shape index (κ3) is 4.72. The molecule has 1 aliphatic carbocycles. The molecule has 6 nitrogen and oxygen atoms in total. The summed E-state index contributed by atoms with van der Waals surface area (Å²) in [7, 11) is 0. The molecule has 1 amide bonds. The number of aromatic nitrogens is 4. The van der Waals surface area contributed by atoms with Crippen LogP contribution in [0.15, 0.2) is 60.0 Å². The highest BCUT2D eigenvalue weighted by Crippen LogP contribution is 2.36. The maximum absolute atomic E-state index is 13.0. The van der Waals surface area contributed by atoms with Crippen molar-refractivity contribution in [3.8, 4) is 11.4 Å². The van der Waals surface area contributed by atoms with E-state index in [2.05, 4.69) is 36.8 Å². The number of carbonyl (C=O) groups is 1. The van der Waals surface area contributed by atoms with E-state index in [0.717, 1.165) is 42.0 Å². The molecule has 2 fully saturated rings. The van der Waals surface area contributed by atoms with Gasteiger partial charge in [0.1, 0.15) is 0 Å². The maximum Gasteiger partial charge on any atom is 0.233 e. The monoisotopic (exact) mass is 447 g/mol. The molecule has 2 aromatic heterocycles. The highest BCUT2D eigenvalue weighted by atomic mass is 32.2. The summed E-state index contributed by atoms with van der Waals surface area (Å²) in [5.74, 6) is 2.96. The molecule has 0 bridgehead atoms. The molecule has 1 saturated carbocycles. The Hall–Kier alpha value is -2.67. The number of amides is 1. The van der Waals surface area contributed by atoms with Gasteiger partial charge in [-0.3, -0.25) is 14.3 Å². The third-order valence-corrected chi connectivity index (χ3v) is 7.76. The lowest BCUT2D eigenvalue weighted by atomic mass is 9.75. The van der Waals surface area contributed by atoms with Crippen LogP contribution >= 0.6 is 11.8 Å². The topological polar surface area (TPSA) is 63.9 Å². The van der Waals surface area contributed by atoms with Crippen LogP contribution in [0.4, 0.5) is 0 Å². The van der Waals surface area contributed by atoms with Crippen molar-refractivity contribution in [3.63, 3.8) is 0 Å². The minimum absolute atomic E-state index is 0.221. The van der Waals surface area contributed by atoms with Crippen LogP contribution in [0.3, 0.4) is 0 Å². The van der Waals surface area contributed by atoms with Crippen LogP contribution < -0.4 is 0 Å². The number of thioether (sulfide) groups is 1. The van der Waals surface area contributed by atoms with Crippen molar-refractivity contribution >= 4 is 17.7 Å². The lowest BCUT2D eigenvalue weighted by Crippen LogP contribution is -2.45. The predicted molar refractivity (Wildman–Crippen MR) is 126 cm³/mol. The number of rotatable bonds is 6. The van der Waals surface area contributed by atoms with Crippen LogP contribution in [-0.2, 0) is 11.3 Å². The molecule has 166 valence electrons. The Balaban J connectivity index is 1.31. The van der Waals surface area contributed by atoms with Gasteiger partial charge in [0.25, 0.3) is 0 Å². The Labute approximate surface area is 193 Å². The highest BCUT2D eigenvalue weighted by molar-refractivity contribution is 7.99. The van der Waals surface area contributed by atoms with Crippen molar-refractivity contribution in [3.05, 3.63) is 60.4 Å². The number of fused-ring (bicyclic) bond motifs is 1. The van der Waals surface area contributed by atoms with Gasteiger partial charge >= 0.3 is 0 Å². The van der Waals surface area contributed by atoms with E-state index in [1.54, 1.807) is 12.4 Å². The number of hydrogen-bond acceptors (Lipinski definition) is 5. The van der Waals surface area contributed by atoms with Crippen molar-refractivity contribution < 1.29 is 4.79 Å². The second-order valence-corrected chi connectivity index (χ2v) is 9.78. The number of hydrogen-bond donors (Lipinski definition) is 0. The van der Waals surface area contributed by atoms with Gasteiger partial charge in [0.05, 0.1) is 12.3 Å². The van der Waals surface area contributed by atoms with E-state index in [0.29, 0.717) is 18.2 Å². The second kappa shape index (κ2) is 9.86. The Kier molecular flexibility index (Phi) is 6.53. The van der Waals surface area contributed by atoms with Gasteiger partial charge in [-0.05, 0) is 42.4 Å². The van der Waals surface area contributed by atoms with Crippen LogP contribution in [0.1, 0.15) is 37.7 Å². The summed E-state index contributed by atoms with van der Waals surface area (Å²) in [5, 5.41) is 9.70. The Bertz CT molecular complexity index is 1040. The lowest BCUT2D eigenvalue weighted by Gasteiger charge is -2.41. The summed E-state index contributed by atoms with van der Waals surface area (Å²) in [4.78, 5) is 19.2. The van der Waals surface area contributed by atoms with Crippen LogP contribution in [0.25, 0.3) is 11.4 Å². The maximum atomic E-state index is 13.0. The fraction of sp³-hybridized carbons (Fsp3) is 0.440. The molecule has 0 spiro atoms. The SMILES string of the molecule is O=C(CSc1nnc(-c2ccncc2)n1Cc1ccccc1)N1CC[C@H]2CCCC[C@@H]2C1. The quantitative estimate of drug-likeness (QED) is 0.520. The van der Waals surface area contributed by atoms with Crippen LogP contribution in [0.5, 0.6) is 0 Å². The van der Waals surface area contributed by atoms with Crippen molar-refractivity contribution in [2.24, 2.45) is 11.8 Å². The van der Waals surface area contributed by atoms with Gasteiger partial charge in [-0.1, -0.05) is 61.4 Å². The first-order chi connectivity index (χ1) is 15.8. The number of carbonyl (C=O) groups excluding carboxylic acids is 1. The standard InChI is InChI=1S/C25H29N5OS/c31-23(29-15-12-20-8-4-5-9-22(20)17-29)18-32-25-28-27-24(21-10-13-26-14-11-21)30(25)16-19-6-2-1-3-7-19/h1-3,6-7,10-11,13-14,20,22H,4-5,8-9,12,15-18H2/t20-,22-/m1/s1. The number of nitrogens with zero attached hydrogens (tertiary/aromatic N) is 5. The first-order valence-electron chi connectivity index (χ1n) is 11.6. The van der Waals surface area contributed by atoms with Crippen LogP contribution in [0.2, 0.25) is 0 Å². The molecule has 3 aromatic rings. The number of likely N-dealkylation sites (tertiary alicyclic amines) is 1. The lowest BCUT2D eigenvalue weighted by molar-refractivity contribution is -0.131. The van der Waals surface area contributed by atoms with Gasteiger partial charge < -0.3 is 4.90 Å². The molecular weight excluding hydrogens is 418 g/mol. The second-order valence-electron chi connectivity index (χ2n) is 8.84. The molecule has 1 saturated heterocycles. The molecule has 2 aliphatic rings. The number of benzene rings is 1. The summed E-state index contributed by atoms with van der Waals surface area (Å²) in [6, 6.07) is 14.2. The number of piperidine rings is 1. The normalized spacial score (nSPS) is 20.7. The molecule has 3 heterocycles. The van der Waals surface area contributed by atoms with Gasteiger partial charge in [-0.2, -0.15) is 0 Å². The Morgan fingerprint density at radius 2 is 1.75 bits per heavy atom. The van der Waals surface area contributed by atoms with Gasteiger partial charge in [0.15, 0.2) is 11.0 Å². The Morgan fingerprint density at radius 3 is 2.56 bits per heavy atom. The average Bonchev–Trinajstić information content (AvgIpc) is 3.25. The summed E-state index contributed by atoms with van der Waals surface area (Å²) in [6.07, 6.45) is 10.0. The van der Waals surface area contributed by atoms with Gasteiger partial charge in [-0.25, -0.2) is 0 Å². The summed E-state index contributed by atoms with van der Waals surface area (Å²) in [5.41, 5.74) is 2.15. The smallest absolute Gasteiger partial charge is 0.233 e. The molecular formula is C25H29N5OS. The zero-order valence-electron chi connectivity index (χ0n) is 18.3. The van der Waals surface area contributed by atoms with Crippen LogP contribution in [-0.4, -0.2) is 49.4 Å². The van der Waals surface area contributed by atoms with Crippen molar-refractivity contribution in [2.75, 3.05) is 18.8 Å². The minimum Gasteiger partial charge on any atom is -0.342 e. The van der Waals surface area contributed by atoms with Crippen LogP contribution in [0, 0.1) is 11.8 Å². The fourth-order valence-corrected chi connectivity index (χ4v) is 5.90. The molecule has 5 rings (SSSR count). The zero-order valence-corrected chi connectivity index (χ0v) is 19.1. The van der Waals surface area contributed by atoms with Crippen molar-refractivity contribution in [1.82, 2.24) is 24.6 Å². The average molecular weight is 448 g/mol. The first kappa shape index (κ1) is 21.2.